The van der Waals surface area contributed by atoms with Crippen LogP contribution in [-0.2, 0) is 4.79 Å². The predicted octanol–water partition coefficient (Wildman–Crippen LogP) is 0.186. The minimum atomic E-state index is -1.25. The zero-order chi connectivity index (χ0) is 13.7. The van der Waals surface area contributed by atoms with Crippen molar-refractivity contribution in [1.29, 1.82) is 0 Å². The highest BCUT2D eigenvalue weighted by atomic mass is 16.4. The van der Waals surface area contributed by atoms with Gasteiger partial charge in [0.25, 0.3) is 5.91 Å². The van der Waals surface area contributed by atoms with Crippen LogP contribution in [0, 0.1) is 0 Å². The van der Waals surface area contributed by atoms with Crippen LogP contribution >= 0.6 is 0 Å². The van der Waals surface area contributed by atoms with Gasteiger partial charge in [0.05, 0.1) is 6.54 Å². The highest BCUT2D eigenvalue weighted by Crippen LogP contribution is 2.09. The molecule has 18 heavy (non-hydrogen) atoms. The van der Waals surface area contributed by atoms with E-state index < -0.39 is 11.9 Å². The largest absolute Gasteiger partial charge is 0.475 e. The summed E-state index contributed by atoms with van der Waals surface area (Å²) in [6.45, 7) is 2.13. The van der Waals surface area contributed by atoms with E-state index in [1.807, 2.05) is 0 Å². The van der Waals surface area contributed by atoms with Crippen molar-refractivity contribution >= 4 is 17.8 Å². The van der Waals surface area contributed by atoms with Gasteiger partial charge in [-0.25, -0.2) is 4.79 Å². The van der Waals surface area contributed by atoms with Gasteiger partial charge in [-0.1, -0.05) is 0 Å². The summed E-state index contributed by atoms with van der Waals surface area (Å²) in [6, 6.07) is 2.45. The van der Waals surface area contributed by atoms with Crippen LogP contribution < -0.4 is 5.32 Å². The molecule has 0 atom stereocenters. The number of nitrogens with zero attached hydrogens (tertiary/aromatic N) is 1. The summed E-state index contributed by atoms with van der Waals surface area (Å²) in [7, 11) is 1.43. The van der Waals surface area contributed by atoms with Crippen molar-refractivity contribution in [1.82, 2.24) is 10.2 Å². The molecule has 1 aromatic heterocycles. The monoisotopic (exact) mass is 254 g/mol. The Morgan fingerprint density at radius 3 is 2.44 bits per heavy atom. The maximum absolute atomic E-state index is 11.8. The minimum absolute atomic E-state index is 0.112. The van der Waals surface area contributed by atoms with Crippen molar-refractivity contribution in [2.45, 2.75) is 6.92 Å². The van der Waals surface area contributed by atoms with Gasteiger partial charge < -0.3 is 19.7 Å². The minimum Gasteiger partial charge on any atom is -0.475 e. The standard InChI is InChI=1S/C11H14N2O5/c1-3-12-9(14)6-13(2)10(15)7-4-5-8(18-7)11(16)17/h4-5H,3,6H2,1-2H3,(H,12,14)(H,16,17). The molecule has 0 fully saturated rings. The molecular formula is C11H14N2O5. The van der Waals surface area contributed by atoms with Gasteiger partial charge >= 0.3 is 5.97 Å². The van der Waals surface area contributed by atoms with Crippen LogP contribution in [0.25, 0.3) is 0 Å². The van der Waals surface area contributed by atoms with Crippen molar-refractivity contribution in [3.63, 3.8) is 0 Å². The molecule has 1 heterocycles. The van der Waals surface area contributed by atoms with Gasteiger partial charge in [-0.2, -0.15) is 0 Å². The molecule has 0 aliphatic rings. The molecule has 0 radical (unpaired) electrons. The molecule has 0 bridgehead atoms. The second-order valence-corrected chi connectivity index (χ2v) is 3.58. The number of hydrogen-bond donors (Lipinski definition) is 2. The van der Waals surface area contributed by atoms with E-state index in [4.69, 9.17) is 9.52 Å². The molecule has 98 valence electrons. The van der Waals surface area contributed by atoms with Crippen LogP contribution in [0.2, 0.25) is 0 Å². The first-order valence-corrected chi connectivity index (χ1v) is 5.31. The Morgan fingerprint density at radius 2 is 1.94 bits per heavy atom. The van der Waals surface area contributed by atoms with Crippen LogP contribution in [0.5, 0.6) is 0 Å². The summed E-state index contributed by atoms with van der Waals surface area (Å²) in [5.74, 6) is -2.52. The highest BCUT2D eigenvalue weighted by molar-refractivity contribution is 5.95. The summed E-state index contributed by atoms with van der Waals surface area (Å²) in [5.41, 5.74) is 0. The Kier molecular flexibility index (Phi) is 4.47. The van der Waals surface area contributed by atoms with E-state index in [-0.39, 0.29) is 24.0 Å². The fourth-order valence-corrected chi connectivity index (χ4v) is 1.30. The number of aromatic carboxylic acids is 1. The molecule has 0 unspecified atom stereocenters. The second-order valence-electron chi connectivity index (χ2n) is 3.58. The zero-order valence-electron chi connectivity index (χ0n) is 10.1. The number of carbonyl (C=O) groups is 3. The van der Waals surface area contributed by atoms with Crippen LogP contribution in [-0.4, -0.2) is 47.9 Å². The lowest BCUT2D eigenvalue weighted by molar-refractivity contribution is -0.121. The maximum Gasteiger partial charge on any atom is 0.371 e. The number of likely N-dealkylation sites (N-methyl/N-ethyl adjacent to an activating group) is 2. The van der Waals surface area contributed by atoms with Gasteiger partial charge in [0.2, 0.25) is 11.7 Å². The number of hydrogen-bond acceptors (Lipinski definition) is 4. The first-order valence-electron chi connectivity index (χ1n) is 5.31. The number of rotatable bonds is 5. The number of carboxylic acids is 1. The van der Waals surface area contributed by atoms with Gasteiger partial charge in [0, 0.05) is 13.6 Å². The molecule has 0 aliphatic heterocycles. The first-order chi connectivity index (χ1) is 8.45. The highest BCUT2D eigenvalue weighted by Gasteiger charge is 2.19. The van der Waals surface area contributed by atoms with E-state index in [9.17, 15) is 14.4 Å². The van der Waals surface area contributed by atoms with E-state index in [1.54, 1.807) is 6.92 Å². The molecule has 0 aliphatic carbocycles. The SMILES string of the molecule is CCNC(=O)CN(C)C(=O)c1ccc(C(=O)O)o1. The Hall–Kier alpha value is -2.31. The smallest absolute Gasteiger partial charge is 0.371 e. The summed E-state index contributed by atoms with van der Waals surface area (Å²) in [5, 5.41) is 11.2. The summed E-state index contributed by atoms with van der Waals surface area (Å²) >= 11 is 0. The fraction of sp³-hybridized carbons (Fsp3) is 0.364. The molecule has 0 saturated carbocycles. The average Bonchev–Trinajstić information content (AvgIpc) is 2.77. The van der Waals surface area contributed by atoms with E-state index in [1.165, 1.54) is 19.2 Å². The van der Waals surface area contributed by atoms with Crippen molar-refractivity contribution in [3.05, 3.63) is 23.7 Å². The van der Waals surface area contributed by atoms with Gasteiger partial charge in [0.1, 0.15) is 0 Å². The number of nitrogens with one attached hydrogen (secondary N) is 1. The second kappa shape index (κ2) is 5.85. The van der Waals surface area contributed by atoms with Crippen molar-refractivity contribution in [2.24, 2.45) is 0 Å². The quantitative estimate of drug-likeness (QED) is 0.781. The number of furan rings is 1. The molecule has 1 rings (SSSR count). The molecule has 0 saturated heterocycles. The van der Waals surface area contributed by atoms with Crippen LogP contribution in [0.4, 0.5) is 0 Å². The predicted molar refractivity (Wildman–Crippen MR) is 61.3 cm³/mol. The summed E-state index contributed by atoms with van der Waals surface area (Å²) in [4.78, 5) is 34.8. The third-order valence-electron chi connectivity index (χ3n) is 2.13. The Labute approximate surface area is 103 Å². The van der Waals surface area contributed by atoms with Crippen LogP contribution in [0.15, 0.2) is 16.5 Å². The molecule has 7 heteroatoms. The Balaban J connectivity index is 2.68. The van der Waals surface area contributed by atoms with Gasteiger partial charge in [0.15, 0.2) is 5.76 Å². The molecule has 0 aromatic carbocycles. The first kappa shape index (κ1) is 13.8. The zero-order valence-corrected chi connectivity index (χ0v) is 10.1. The Bertz CT molecular complexity index is 466. The van der Waals surface area contributed by atoms with Crippen LogP contribution in [0.3, 0.4) is 0 Å². The summed E-state index contributed by atoms with van der Waals surface area (Å²) in [6.07, 6.45) is 0. The van der Waals surface area contributed by atoms with Crippen molar-refractivity contribution in [2.75, 3.05) is 20.1 Å². The lowest BCUT2D eigenvalue weighted by Gasteiger charge is -2.14. The average molecular weight is 254 g/mol. The lowest BCUT2D eigenvalue weighted by atomic mass is 10.3. The van der Waals surface area contributed by atoms with E-state index in [0.717, 1.165) is 4.90 Å². The third kappa shape index (κ3) is 3.34. The molecule has 2 amide bonds. The van der Waals surface area contributed by atoms with E-state index in [0.29, 0.717) is 6.54 Å². The lowest BCUT2D eigenvalue weighted by Crippen LogP contribution is -2.38. The molecule has 0 spiro atoms. The van der Waals surface area contributed by atoms with Gasteiger partial charge in [-0.15, -0.1) is 0 Å². The fourth-order valence-electron chi connectivity index (χ4n) is 1.30. The summed E-state index contributed by atoms with van der Waals surface area (Å²) < 4.78 is 4.85. The maximum atomic E-state index is 11.8. The number of carbonyl (C=O) groups excluding carboxylic acids is 2. The number of carboxylic acid groups (broad SMARTS) is 1. The van der Waals surface area contributed by atoms with Gasteiger partial charge in [-0.05, 0) is 19.1 Å². The van der Waals surface area contributed by atoms with Crippen molar-refractivity contribution < 1.29 is 23.9 Å². The van der Waals surface area contributed by atoms with Gasteiger partial charge in [-0.3, -0.25) is 9.59 Å². The number of amides is 2. The van der Waals surface area contributed by atoms with E-state index in [2.05, 4.69) is 5.32 Å². The molecule has 7 nitrogen and oxygen atoms in total. The van der Waals surface area contributed by atoms with Crippen molar-refractivity contribution in [3.8, 4) is 0 Å². The normalized spacial score (nSPS) is 9.89. The topological polar surface area (TPSA) is 99.9 Å². The van der Waals surface area contributed by atoms with Crippen LogP contribution in [0.1, 0.15) is 28.0 Å². The molecule has 2 N–H and O–H groups in total. The third-order valence-corrected chi connectivity index (χ3v) is 2.13. The van der Waals surface area contributed by atoms with E-state index >= 15 is 0 Å². The molecule has 1 aromatic rings. The molecular weight excluding hydrogens is 240 g/mol. The Morgan fingerprint density at radius 1 is 1.33 bits per heavy atom.